The van der Waals surface area contributed by atoms with E-state index in [1.54, 1.807) is 12.1 Å². The van der Waals surface area contributed by atoms with Crippen molar-refractivity contribution in [2.75, 3.05) is 0 Å². The molecule has 3 atom stereocenters. The molecule has 2 N–H and O–H groups in total. The molecule has 0 spiro atoms. The highest BCUT2D eigenvalue weighted by molar-refractivity contribution is 6.30. The maximum absolute atomic E-state index is 13.9. The first-order valence-electron chi connectivity index (χ1n) is 7.49. The van der Waals surface area contributed by atoms with Crippen LogP contribution in [0.3, 0.4) is 0 Å². The van der Waals surface area contributed by atoms with Crippen molar-refractivity contribution in [3.8, 4) is 0 Å². The van der Waals surface area contributed by atoms with Gasteiger partial charge in [0, 0.05) is 11.1 Å². The van der Waals surface area contributed by atoms with E-state index in [0.29, 0.717) is 28.8 Å². The van der Waals surface area contributed by atoms with Crippen LogP contribution in [0.15, 0.2) is 18.2 Å². The second kappa shape index (κ2) is 6.03. The predicted octanol–water partition coefficient (Wildman–Crippen LogP) is 4.81. The number of benzene rings is 1. The van der Waals surface area contributed by atoms with E-state index in [9.17, 15) is 4.39 Å². The quantitative estimate of drug-likeness (QED) is 0.851. The Labute approximate surface area is 126 Å². The van der Waals surface area contributed by atoms with Crippen molar-refractivity contribution < 1.29 is 4.39 Å². The summed E-state index contributed by atoms with van der Waals surface area (Å²) in [5.74, 6) is 0.984. The van der Waals surface area contributed by atoms with Gasteiger partial charge in [-0.15, -0.1) is 0 Å². The lowest BCUT2D eigenvalue weighted by Crippen LogP contribution is -2.44. The van der Waals surface area contributed by atoms with Crippen LogP contribution in [0, 0.1) is 23.1 Å². The molecular formula is C17H25ClFN. The Bertz CT molecular complexity index is 472. The predicted molar refractivity (Wildman–Crippen MR) is 83.4 cm³/mol. The minimum atomic E-state index is -0.166. The Kier molecular flexibility index (Phi) is 4.76. The third-order valence-corrected chi connectivity index (χ3v) is 5.05. The summed E-state index contributed by atoms with van der Waals surface area (Å²) in [5.41, 5.74) is 7.05. The average molecular weight is 298 g/mol. The van der Waals surface area contributed by atoms with Gasteiger partial charge in [-0.2, -0.15) is 0 Å². The molecule has 3 heteroatoms. The van der Waals surface area contributed by atoms with Gasteiger partial charge >= 0.3 is 0 Å². The smallest absolute Gasteiger partial charge is 0.126 e. The van der Waals surface area contributed by atoms with Gasteiger partial charge in [0.05, 0.1) is 0 Å². The van der Waals surface area contributed by atoms with Crippen LogP contribution in [0.25, 0.3) is 0 Å². The molecule has 1 aliphatic rings. The van der Waals surface area contributed by atoms with E-state index in [-0.39, 0.29) is 17.3 Å². The fraction of sp³-hybridized carbons (Fsp3) is 0.647. The first kappa shape index (κ1) is 15.8. The Balaban J connectivity index is 2.16. The lowest BCUT2D eigenvalue weighted by Gasteiger charge is -2.43. The molecule has 0 bridgehead atoms. The van der Waals surface area contributed by atoms with Crippen molar-refractivity contribution in [2.45, 2.75) is 52.5 Å². The van der Waals surface area contributed by atoms with Crippen LogP contribution in [0.1, 0.15) is 45.6 Å². The van der Waals surface area contributed by atoms with Crippen molar-refractivity contribution in [1.82, 2.24) is 0 Å². The maximum Gasteiger partial charge on any atom is 0.126 e. The summed E-state index contributed by atoms with van der Waals surface area (Å²) in [4.78, 5) is 0. The molecule has 1 aliphatic carbocycles. The van der Waals surface area contributed by atoms with E-state index in [4.69, 9.17) is 17.3 Å². The highest BCUT2D eigenvalue weighted by Crippen LogP contribution is 2.42. The van der Waals surface area contributed by atoms with Gasteiger partial charge in [-0.25, -0.2) is 4.39 Å². The molecule has 1 saturated carbocycles. The first-order valence-corrected chi connectivity index (χ1v) is 7.87. The lowest BCUT2D eigenvalue weighted by molar-refractivity contribution is 0.112. The summed E-state index contributed by atoms with van der Waals surface area (Å²) in [6, 6.07) is 5.02. The van der Waals surface area contributed by atoms with E-state index in [1.807, 2.05) is 0 Å². The Hall–Kier alpha value is -0.600. The third-order valence-electron chi connectivity index (χ3n) is 4.82. The molecule has 3 unspecified atom stereocenters. The van der Waals surface area contributed by atoms with Gasteiger partial charge in [0.25, 0.3) is 0 Å². The molecule has 0 aliphatic heterocycles. The molecule has 112 valence electrons. The molecule has 1 nitrogen and oxygen atoms in total. The molecule has 1 aromatic carbocycles. The maximum atomic E-state index is 13.9. The molecule has 20 heavy (non-hydrogen) atoms. The molecule has 0 radical (unpaired) electrons. The lowest BCUT2D eigenvalue weighted by atomic mass is 9.64. The van der Waals surface area contributed by atoms with Crippen LogP contribution >= 0.6 is 11.6 Å². The fourth-order valence-corrected chi connectivity index (χ4v) is 3.89. The second-order valence-corrected chi connectivity index (χ2v) is 7.53. The first-order chi connectivity index (χ1) is 9.29. The SMILES string of the molecule is CC1CCC(C(C)(C)Cc2cc(Cl)ccc2F)C(N)C1. The largest absolute Gasteiger partial charge is 0.327 e. The third kappa shape index (κ3) is 3.53. The summed E-state index contributed by atoms with van der Waals surface area (Å²) in [6.07, 6.45) is 4.12. The Morgan fingerprint density at radius 2 is 2.05 bits per heavy atom. The van der Waals surface area contributed by atoms with Crippen molar-refractivity contribution in [1.29, 1.82) is 0 Å². The van der Waals surface area contributed by atoms with E-state index in [1.165, 1.54) is 12.5 Å². The molecule has 1 aromatic rings. The number of hydrogen-bond donors (Lipinski definition) is 1. The molecule has 2 rings (SSSR count). The van der Waals surface area contributed by atoms with Crippen LogP contribution < -0.4 is 5.73 Å². The van der Waals surface area contributed by atoms with Crippen molar-refractivity contribution >= 4 is 11.6 Å². The van der Waals surface area contributed by atoms with Gasteiger partial charge in [-0.05, 0) is 60.3 Å². The van der Waals surface area contributed by atoms with E-state index < -0.39 is 0 Å². The van der Waals surface area contributed by atoms with Gasteiger partial charge in [-0.3, -0.25) is 0 Å². The van der Waals surface area contributed by atoms with Gasteiger partial charge < -0.3 is 5.73 Å². The molecular weight excluding hydrogens is 273 g/mol. The zero-order valence-electron chi connectivity index (χ0n) is 12.6. The van der Waals surface area contributed by atoms with Crippen LogP contribution in [-0.2, 0) is 6.42 Å². The van der Waals surface area contributed by atoms with Gasteiger partial charge in [0.15, 0.2) is 0 Å². The summed E-state index contributed by atoms with van der Waals surface area (Å²) in [7, 11) is 0. The summed E-state index contributed by atoms with van der Waals surface area (Å²) >= 11 is 5.99. The summed E-state index contributed by atoms with van der Waals surface area (Å²) in [5, 5.41) is 0.596. The average Bonchev–Trinajstić information content (AvgIpc) is 2.33. The number of nitrogens with two attached hydrogens (primary N) is 1. The number of hydrogen-bond acceptors (Lipinski definition) is 1. The highest BCUT2D eigenvalue weighted by Gasteiger charge is 2.37. The van der Waals surface area contributed by atoms with Gasteiger partial charge in [0.1, 0.15) is 5.82 Å². The van der Waals surface area contributed by atoms with Gasteiger partial charge in [0.2, 0.25) is 0 Å². The van der Waals surface area contributed by atoms with E-state index in [2.05, 4.69) is 20.8 Å². The monoisotopic (exact) mass is 297 g/mol. The Morgan fingerprint density at radius 3 is 2.70 bits per heavy atom. The minimum Gasteiger partial charge on any atom is -0.327 e. The molecule has 0 aromatic heterocycles. The topological polar surface area (TPSA) is 26.0 Å². The molecule has 0 heterocycles. The zero-order chi connectivity index (χ0) is 14.9. The molecule has 1 fully saturated rings. The molecule has 0 saturated heterocycles. The van der Waals surface area contributed by atoms with Crippen LogP contribution in [0.4, 0.5) is 4.39 Å². The number of rotatable bonds is 3. The van der Waals surface area contributed by atoms with Crippen molar-refractivity contribution in [3.63, 3.8) is 0 Å². The van der Waals surface area contributed by atoms with Gasteiger partial charge in [-0.1, -0.05) is 38.8 Å². The summed E-state index contributed by atoms with van der Waals surface area (Å²) < 4.78 is 13.9. The summed E-state index contributed by atoms with van der Waals surface area (Å²) in [6.45, 7) is 6.67. The van der Waals surface area contributed by atoms with Crippen LogP contribution in [0.5, 0.6) is 0 Å². The van der Waals surface area contributed by atoms with Crippen molar-refractivity contribution in [2.24, 2.45) is 23.0 Å². The standard InChI is InChI=1S/C17H25ClFN/c1-11-4-6-14(16(20)8-11)17(2,3)10-12-9-13(18)5-7-15(12)19/h5,7,9,11,14,16H,4,6,8,10,20H2,1-3H3. The zero-order valence-corrected chi connectivity index (χ0v) is 13.4. The normalized spacial score (nSPS) is 27.6. The van der Waals surface area contributed by atoms with E-state index >= 15 is 0 Å². The van der Waals surface area contributed by atoms with Crippen molar-refractivity contribution in [3.05, 3.63) is 34.6 Å². The minimum absolute atomic E-state index is 0.00885. The highest BCUT2D eigenvalue weighted by atomic mass is 35.5. The fourth-order valence-electron chi connectivity index (χ4n) is 3.70. The molecule has 0 amide bonds. The van der Waals surface area contributed by atoms with E-state index in [0.717, 1.165) is 12.8 Å². The second-order valence-electron chi connectivity index (χ2n) is 7.09. The number of halogens is 2. The van der Waals surface area contributed by atoms with Crippen LogP contribution in [0.2, 0.25) is 5.02 Å². The Morgan fingerprint density at radius 1 is 1.35 bits per heavy atom. The van der Waals surface area contributed by atoms with Crippen LogP contribution in [-0.4, -0.2) is 6.04 Å².